The summed E-state index contributed by atoms with van der Waals surface area (Å²) in [4.78, 5) is 28.4. The maximum Gasteiger partial charge on any atom is 0.414 e. The third-order valence-electron chi connectivity index (χ3n) is 5.23. The van der Waals surface area contributed by atoms with Gasteiger partial charge in [0.25, 0.3) is 0 Å². The molecule has 2 aromatic carbocycles. The number of methoxy groups -OCH3 is 1. The van der Waals surface area contributed by atoms with Crippen LogP contribution in [0.3, 0.4) is 0 Å². The van der Waals surface area contributed by atoms with E-state index in [2.05, 4.69) is 0 Å². The van der Waals surface area contributed by atoms with Gasteiger partial charge in [-0.2, -0.15) is 0 Å². The van der Waals surface area contributed by atoms with Crippen LogP contribution in [0.1, 0.15) is 17.5 Å². The molecule has 0 N–H and O–H groups in total. The Kier molecular flexibility index (Phi) is 4.90. The van der Waals surface area contributed by atoms with Crippen LogP contribution in [0.25, 0.3) is 0 Å². The minimum absolute atomic E-state index is 0.0147. The van der Waals surface area contributed by atoms with E-state index in [1.807, 2.05) is 24.3 Å². The van der Waals surface area contributed by atoms with Crippen molar-refractivity contribution >= 4 is 17.7 Å². The quantitative estimate of drug-likeness (QED) is 0.816. The van der Waals surface area contributed by atoms with Gasteiger partial charge in [-0.3, -0.25) is 9.69 Å². The van der Waals surface area contributed by atoms with E-state index in [0.29, 0.717) is 25.2 Å². The number of fused-ring (bicyclic) bond motifs is 3. The number of halogens is 1. The van der Waals surface area contributed by atoms with E-state index in [9.17, 15) is 14.0 Å². The second-order valence-electron chi connectivity index (χ2n) is 7.00. The standard InChI is InChI=1S/C21H21FN2O4/c1-27-18-6-2-14(3-7-18)10-20(25)23-9-8-17-13-28-21(26)24(17)19-11-16(22)5-4-15(19)12-23/h2-7,11,17H,8-10,12-13H2,1H3. The highest BCUT2D eigenvalue weighted by molar-refractivity contribution is 5.91. The Balaban J connectivity index is 1.58. The van der Waals surface area contributed by atoms with E-state index in [0.717, 1.165) is 16.9 Å². The molecule has 2 aromatic rings. The molecule has 1 atom stereocenters. The fraction of sp³-hybridized carbons (Fsp3) is 0.333. The lowest BCUT2D eigenvalue weighted by Gasteiger charge is -2.32. The summed E-state index contributed by atoms with van der Waals surface area (Å²) in [5.41, 5.74) is 2.11. The van der Waals surface area contributed by atoms with Gasteiger partial charge in [0.15, 0.2) is 0 Å². The van der Waals surface area contributed by atoms with Crippen molar-refractivity contribution in [2.75, 3.05) is 25.2 Å². The van der Waals surface area contributed by atoms with Crippen molar-refractivity contribution in [1.29, 1.82) is 0 Å². The monoisotopic (exact) mass is 384 g/mol. The SMILES string of the molecule is COc1ccc(CC(=O)N2CCC3COC(=O)N3c3cc(F)ccc3C2)cc1. The number of amides is 2. The first-order valence-corrected chi connectivity index (χ1v) is 9.20. The van der Waals surface area contributed by atoms with Gasteiger partial charge in [-0.05, 0) is 41.8 Å². The summed E-state index contributed by atoms with van der Waals surface area (Å²) in [6.07, 6.45) is 0.385. The molecule has 0 aromatic heterocycles. The minimum Gasteiger partial charge on any atom is -0.497 e. The number of carbonyl (C=O) groups excluding carboxylic acids is 2. The third kappa shape index (κ3) is 3.52. The first kappa shape index (κ1) is 18.3. The molecule has 4 rings (SSSR count). The van der Waals surface area contributed by atoms with Crippen molar-refractivity contribution in [2.24, 2.45) is 0 Å². The van der Waals surface area contributed by atoms with Gasteiger partial charge in [-0.15, -0.1) is 0 Å². The lowest BCUT2D eigenvalue weighted by atomic mass is 10.0. The van der Waals surface area contributed by atoms with Gasteiger partial charge in [0, 0.05) is 13.1 Å². The summed E-state index contributed by atoms with van der Waals surface area (Å²) in [7, 11) is 1.60. The molecule has 0 aliphatic carbocycles. The Morgan fingerprint density at radius 2 is 2.04 bits per heavy atom. The molecule has 6 nitrogen and oxygen atoms in total. The average Bonchev–Trinajstić information content (AvgIpc) is 3.04. The summed E-state index contributed by atoms with van der Waals surface area (Å²) >= 11 is 0. The van der Waals surface area contributed by atoms with Gasteiger partial charge >= 0.3 is 6.09 Å². The molecule has 28 heavy (non-hydrogen) atoms. The molecule has 146 valence electrons. The summed E-state index contributed by atoms with van der Waals surface area (Å²) in [6, 6.07) is 11.5. The number of cyclic esters (lactones) is 1. The van der Waals surface area contributed by atoms with Crippen LogP contribution in [0.2, 0.25) is 0 Å². The number of benzene rings is 2. The predicted octanol–water partition coefficient (Wildman–Crippen LogP) is 3.13. The Bertz CT molecular complexity index is 900. The van der Waals surface area contributed by atoms with Crippen LogP contribution >= 0.6 is 0 Å². The summed E-state index contributed by atoms with van der Waals surface area (Å²) in [5.74, 6) is 0.303. The maximum absolute atomic E-state index is 13.8. The molecule has 2 amide bonds. The second kappa shape index (κ2) is 7.50. The molecule has 1 saturated heterocycles. The highest BCUT2D eigenvalue weighted by atomic mass is 19.1. The van der Waals surface area contributed by atoms with Crippen LogP contribution in [0.5, 0.6) is 5.75 Å². The Morgan fingerprint density at radius 1 is 1.25 bits per heavy atom. The number of carbonyl (C=O) groups is 2. The fourth-order valence-corrected chi connectivity index (χ4v) is 3.70. The Hall–Kier alpha value is -3.09. The summed E-state index contributed by atoms with van der Waals surface area (Å²) < 4.78 is 24.2. The predicted molar refractivity (Wildman–Crippen MR) is 101 cm³/mol. The highest BCUT2D eigenvalue weighted by Crippen LogP contribution is 2.32. The van der Waals surface area contributed by atoms with Gasteiger partial charge in [-0.25, -0.2) is 9.18 Å². The number of ether oxygens (including phenoxy) is 2. The van der Waals surface area contributed by atoms with Crippen LogP contribution in [0, 0.1) is 5.82 Å². The van der Waals surface area contributed by atoms with Crippen LogP contribution in [0.4, 0.5) is 14.9 Å². The van der Waals surface area contributed by atoms with Crippen molar-refractivity contribution in [3.63, 3.8) is 0 Å². The first-order chi connectivity index (χ1) is 13.5. The summed E-state index contributed by atoms with van der Waals surface area (Å²) in [6.45, 7) is 1.07. The van der Waals surface area contributed by atoms with Crippen molar-refractivity contribution in [3.8, 4) is 5.75 Å². The van der Waals surface area contributed by atoms with Crippen molar-refractivity contribution in [3.05, 3.63) is 59.4 Å². The van der Waals surface area contributed by atoms with Gasteiger partial charge < -0.3 is 14.4 Å². The minimum atomic E-state index is -0.463. The molecule has 2 heterocycles. The van der Waals surface area contributed by atoms with Gasteiger partial charge in [0.2, 0.25) is 5.91 Å². The number of nitrogens with zero attached hydrogens (tertiary/aromatic N) is 2. The number of rotatable bonds is 3. The number of hydrogen-bond acceptors (Lipinski definition) is 4. The third-order valence-corrected chi connectivity index (χ3v) is 5.23. The van der Waals surface area contributed by atoms with Crippen molar-refractivity contribution in [1.82, 2.24) is 4.90 Å². The van der Waals surface area contributed by atoms with E-state index >= 15 is 0 Å². The van der Waals surface area contributed by atoms with E-state index in [1.54, 1.807) is 18.1 Å². The Morgan fingerprint density at radius 3 is 2.79 bits per heavy atom. The molecule has 1 fully saturated rings. The molecule has 0 bridgehead atoms. The van der Waals surface area contributed by atoms with E-state index in [1.165, 1.54) is 17.0 Å². The van der Waals surface area contributed by atoms with Crippen molar-refractivity contribution in [2.45, 2.75) is 25.4 Å². The zero-order valence-electron chi connectivity index (χ0n) is 15.6. The molecule has 1 unspecified atom stereocenters. The largest absolute Gasteiger partial charge is 0.497 e. The fourth-order valence-electron chi connectivity index (χ4n) is 3.70. The molecule has 2 aliphatic rings. The topological polar surface area (TPSA) is 59.1 Å². The van der Waals surface area contributed by atoms with Crippen LogP contribution < -0.4 is 9.64 Å². The average molecular weight is 384 g/mol. The van der Waals surface area contributed by atoms with Crippen LogP contribution in [-0.4, -0.2) is 43.2 Å². The highest BCUT2D eigenvalue weighted by Gasteiger charge is 2.37. The zero-order chi connectivity index (χ0) is 19.7. The molecule has 0 saturated carbocycles. The Labute approximate surface area is 162 Å². The lowest BCUT2D eigenvalue weighted by Crippen LogP contribution is -2.42. The van der Waals surface area contributed by atoms with E-state index in [-0.39, 0.29) is 25.0 Å². The lowest BCUT2D eigenvalue weighted by molar-refractivity contribution is -0.131. The number of hydrogen-bond donors (Lipinski definition) is 0. The van der Waals surface area contributed by atoms with E-state index in [4.69, 9.17) is 9.47 Å². The smallest absolute Gasteiger partial charge is 0.414 e. The molecular formula is C21H21FN2O4. The summed E-state index contributed by atoms with van der Waals surface area (Å²) in [5, 5.41) is 0. The van der Waals surface area contributed by atoms with Gasteiger partial charge in [-0.1, -0.05) is 18.2 Å². The molecule has 2 aliphatic heterocycles. The zero-order valence-corrected chi connectivity index (χ0v) is 15.6. The van der Waals surface area contributed by atoms with Crippen LogP contribution in [-0.2, 0) is 22.5 Å². The maximum atomic E-state index is 13.8. The normalized spacial score (nSPS) is 18.6. The number of anilines is 1. The van der Waals surface area contributed by atoms with E-state index < -0.39 is 11.9 Å². The molecule has 7 heteroatoms. The molecule has 0 spiro atoms. The first-order valence-electron chi connectivity index (χ1n) is 9.20. The van der Waals surface area contributed by atoms with Crippen LogP contribution in [0.15, 0.2) is 42.5 Å². The molecule has 0 radical (unpaired) electrons. The van der Waals surface area contributed by atoms with Gasteiger partial charge in [0.1, 0.15) is 18.2 Å². The van der Waals surface area contributed by atoms with Gasteiger partial charge in [0.05, 0.1) is 25.3 Å². The van der Waals surface area contributed by atoms with Crippen molar-refractivity contribution < 1.29 is 23.5 Å². The molecular weight excluding hydrogens is 363 g/mol. The second-order valence-corrected chi connectivity index (χ2v) is 7.00.